The fourth-order valence-corrected chi connectivity index (χ4v) is 1.85. The molecule has 1 amide bonds. The molecule has 21 heavy (non-hydrogen) atoms. The SMILES string of the molecule is COc1cccc(C=CC(=O)Nc2cccc(CO)c2)c1. The smallest absolute Gasteiger partial charge is 0.248 e. The zero-order valence-electron chi connectivity index (χ0n) is 11.7. The minimum Gasteiger partial charge on any atom is -0.497 e. The van der Waals surface area contributed by atoms with Crippen LogP contribution in [-0.4, -0.2) is 18.1 Å². The molecular formula is C17H17NO3. The summed E-state index contributed by atoms with van der Waals surface area (Å²) in [4.78, 5) is 11.8. The topological polar surface area (TPSA) is 58.6 Å². The van der Waals surface area contributed by atoms with E-state index in [4.69, 9.17) is 9.84 Å². The van der Waals surface area contributed by atoms with Gasteiger partial charge in [0.25, 0.3) is 0 Å². The molecule has 0 spiro atoms. The molecule has 0 radical (unpaired) electrons. The van der Waals surface area contributed by atoms with E-state index in [-0.39, 0.29) is 12.5 Å². The second-order valence-corrected chi connectivity index (χ2v) is 4.46. The van der Waals surface area contributed by atoms with Crippen LogP contribution in [0.4, 0.5) is 5.69 Å². The van der Waals surface area contributed by atoms with Gasteiger partial charge < -0.3 is 15.2 Å². The summed E-state index contributed by atoms with van der Waals surface area (Å²) in [5.74, 6) is 0.515. The summed E-state index contributed by atoms with van der Waals surface area (Å²) < 4.78 is 5.12. The van der Waals surface area contributed by atoms with E-state index in [1.807, 2.05) is 24.3 Å². The van der Waals surface area contributed by atoms with Crippen LogP contribution < -0.4 is 10.1 Å². The van der Waals surface area contributed by atoms with E-state index in [1.54, 1.807) is 37.5 Å². The molecule has 0 bridgehead atoms. The number of methoxy groups -OCH3 is 1. The highest BCUT2D eigenvalue weighted by Gasteiger charge is 1.99. The first-order chi connectivity index (χ1) is 10.2. The standard InChI is InChI=1S/C17H17NO3/c1-21-16-7-3-4-13(11-16)8-9-17(20)18-15-6-2-5-14(10-15)12-19/h2-11,19H,12H2,1H3,(H,18,20). The number of amides is 1. The van der Waals surface area contributed by atoms with Gasteiger partial charge in [0, 0.05) is 11.8 Å². The van der Waals surface area contributed by atoms with E-state index < -0.39 is 0 Å². The van der Waals surface area contributed by atoms with Crippen LogP contribution in [-0.2, 0) is 11.4 Å². The first-order valence-electron chi connectivity index (χ1n) is 6.54. The molecule has 0 unspecified atom stereocenters. The maximum Gasteiger partial charge on any atom is 0.248 e. The Labute approximate surface area is 123 Å². The lowest BCUT2D eigenvalue weighted by Gasteiger charge is -2.04. The van der Waals surface area contributed by atoms with Crippen molar-refractivity contribution in [3.05, 3.63) is 65.7 Å². The molecule has 108 valence electrons. The van der Waals surface area contributed by atoms with Gasteiger partial charge in [-0.15, -0.1) is 0 Å². The zero-order chi connectivity index (χ0) is 15.1. The van der Waals surface area contributed by atoms with E-state index in [2.05, 4.69) is 5.32 Å². The molecule has 0 saturated carbocycles. The molecule has 0 atom stereocenters. The first kappa shape index (κ1) is 14.8. The van der Waals surface area contributed by atoms with Crippen molar-refractivity contribution in [3.63, 3.8) is 0 Å². The number of carbonyl (C=O) groups excluding carboxylic acids is 1. The van der Waals surface area contributed by atoms with Crippen molar-refractivity contribution in [2.24, 2.45) is 0 Å². The average molecular weight is 283 g/mol. The minimum atomic E-state index is -0.229. The van der Waals surface area contributed by atoms with Gasteiger partial charge in [0.2, 0.25) is 5.91 Å². The Morgan fingerprint density at radius 2 is 2.05 bits per heavy atom. The zero-order valence-corrected chi connectivity index (χ0v) is 11.7. The molecule has 4 nitrogen and oxygen atoms in total. The number of aliphatic hydroxyl groups excluding tert-OH is 1. The number of aliphatic hydroxyl groups is 1. The van der Waals surface area contributed by atoms with Crippen LogP contribution in [0.5, 0.6) is 5.75 Å². The minimum absolute atomic E-state index is 0.0522. The van der Waals surface area contributed by atoms with Crippen molar-refractivity contribution in [3.8, 4) is 5.75 Å². The van der Waals surface area contributed by atoms with Gasteiger partial charge in [-0.2, -0.15) is 0 Å². The summed E-state index contributed by atoms with van der Waals surface area (Å²) in [5.41, 5.74) is 2.29. The summed E-state index contributed by atoms with van der Waals surface area (Å²) in [7, 11) is 1.60. The Balaban J connectivity index is 2.01. The highest BCUT2D eigenvalue weighted by Crippen LogP contribution is 2.14. The van der Waals surface area contributed by atoms with Crippen molar-refractivity contribution in [2.75, 3.05) is 12.4 Å². The maximum atomic E-state index is 11.8. The van der Waals surface area contributed by atoms with Crippen molar-refractivity contribution < 1.29 is 14.6 Å². The quantitative estimate of drug-likeness (QED) is 0.830. The largest absolute Gasteiger partial charge is 0.497 e. The maximum absolute atomic E-state index is 11.8. The first-order valence-corrected chi connectivity index (χ1v) is 6.54. The Kier molecular flexibility index (Phi) is 5.12. The van der Waals surface area contributed by atoms with Crippen LogP contribution in [0.25, 0.3) is 6.08 Å². The molecule has 2 N–H and O–H groups in total. The number of carbonyl (C=O) groups is 1. The fourth-order valence-electron chi connectivity index (χ4n) is 1.85. The molecule has 2 aromatic carbocycles. The lowest BCUT2D eigenvalue weighted by atomic mass is 10.2. The molecule has 0 aliphatic carbocycles. The second-order valence-electron chi connectivity index (χ2n) is 4.46. The van der Waals surface area contributed by atoms with Crippen molar-refractivity contribution in [1.29, 1.82) is 0 Å². The van der Waals surface area contributed by atoms with Crippen LogP contribution in [0, 0.1) is 0 Å². The van der Waals surface area contributed by atoms with Gasteiger partial charge in [-0.3, -0.25) is 4.79 Å². The lowest BCUT2D eigenvalue weighted by Crippen LogP contribution is -2.07. The number of hydrogen-bond acceptors (Lipinski definition) is 3. The molecule has 0 heterocycles. The third kappa shape index (κ3) is 4.47. The summed E-state index contributed by atoms with van der Waals surface area (Å²) in [5, 5.41) is 11.8. The molecule has 0 fully saturated rings. The van der Waals surface area contributed by atoms with E-state index in [9.17, 15) is 4.79 Å². The normalized spacial score (nSPS) is 10.6. The molecule has 0 aromatic heterocycles. The predicted molar refractivity (Wildman–Crippen MR) is 83.0 cm³/mol. The number of benzene rings is 2. The van der Waals surface area contributed by atoms with Crippen molar-refractivity contribution in [2.45, 2.75) is 6.61 Å². The number of ether oxygens (including phenoxy) is 1. The van der Waals surface area contributed by atoms with E-state index in [1.165, 1.54) is 6.08 Å². The summed E-state index contributed by atoms with van der Waals surface area (Å²) >= 11 is 0. The van der Waals surface area contributed by atoms with Gasteiger partial charge in [0.15, 0.2) is 0 Å². The third-order valence-corrected chi connectivity index (χ3v) is 2.90. The lowest BCUT2D eigenvalue weighted by molar-refractivity contribution is -0.111. The van der Waals surface area contributed by atoms with Gasteiger partial charge in [-0.25, -0.2) is 0 Å². The van der Waals surface area contributed by atoms with Gasteiger partial charge in [-0.05, 0) is 41.5 Å². The Morgan fingerprint density at radius 3 is 2.81 bits per heavy atom. The Bertz CT molecular complexity index is 650. The molecular weight excluding hydrogens is 266 g/mol. The van der Waals surface area contributed by atoms with E-state index >= 15 is 0 Å². The van der Waals surface area contributed by atoms with Crippen LogP contribution in [0.3, 0.4) is 0 Å². The second kappa shape index (κ2) is 7.26. The summed E-state index contributed by atoms with van der Waals surface area (Å²) in [6.07, 6.45) is 3.17. The summed E-state index contributed by atoms with van der Waals surface area (Å²) in [6.45, 7) is -0.0522. The molecule has 0 aliphatic rings. The van der Waals surface area contributed by atoms with Gasteiger partial charge in [0.05, 0.1) is 13.7 Å². The highest BCUT2D eigenvalue weighted by atomic mass is 16.5. The van der Waals surface area contributed by atoms with Gasteiger partial charge >= 0.3 is 0 Å². The summed E-state index contributed by atoms with van der Waals surface area (Å²) in [6, 6.07) is 14.5. The van der Waals surface area contributed by atoms with Crippen LogP contribution in [0.1, 0.15) is 11.1 Å². The number of anilines is 1. The number of hydrogen-bond donors (Lipinski definition) is 2. The van der Waals surface area contributed by atoms with Crippen molar-refractivity contribution >= 4 is 17.7 Å². The van der Waals surface area contributed by atoms with Gasteiger partial charge in [0.1, 0.15) is 5.75 Å². The fraction of sp³-hybridized carbons (Fsp3) is 0.118. The average Bonchev–Trinajstić information content (AvgIpc) is 2.53. The highest BCUT2D eigenvalue weighted by molar-refractivity contribution is 6.01. The number of nitrogens with one attached hydrogen (secondary N) is 1. The van der Waals surface area contributed by atoms with Crippen LogP contribution in [0.15, 0.2) is 54.6 Å². The molecule has 4 heteroatoms. The molecule has 0 saturated heterocycles. The predicted octanol–water partition coefficient (Wildman–Crippen LogP) is 2.84. The Morgan fingerprint density at radius 1 is 1.24 bits per heavy atom. The number of rotatable bonds is 5. The molecule has 2 aromatic rings. The molecule has 0 aliphatic heterocycles. The van der Waals surface area contributed by atoms with E-state index in [0.29, 0.717) is 5.69 Å². The molecule has 2 rings (SSSR count). The monoisotopic (exact) mass is 283 g/mol. The van der Waals surface area contributed by atoms with Crippen LogP contribution >= 0.6 is 0 Å². The van der Waals surface area contributed by atoms with E-state index in [0.717, 1.165) is 16.9 Å². The van der Waals surface area contributed by atoms with Crippen molar-refractivity contribution in [1.82, 2.24) is 0 Å². The third-order valence-electron chi connectivity index (χ3n) is 2.90. The Hall–Kier alpha value is -2.59. The van der Waals surface area contributed by atoms with Gasteiger partial charge in [-0.1, -0.05) is 24.3 Å². The van der Waals surface area contributed by atoms with Crippen LogP contribution in [0.2, 0.25) is 0 Å².